The molecule has 13 heavy (non-hydrogen) atoms. The summed E-state index contributed by atoms with van der Waals surface area (Å²) in [5, 5.41) is 1.84. The van der Waals surface area contributed by atoms with Gasteiger partial charge in [0.25, 0.3) is 0 Å². The van der Waals surface area contributed by atoms with Crippen LogP contribution >= 0.6 is 11.3 Å². The molecule has 0 saturated heterocycles. The van der Waals surface area contributed by atoms with Crippen molar-refractivity contribution in [1.82, 2.24) is 0 Å². The Labute approximate surface area is 81.5 Å². The van der Waals surface area contributed by atoms with Gasteiger partial charge in [0.15, 0.2) is 0 Å². The van der Waals surface area contributed by atoms with Crippen molar-refractivity contribution in [2.24, 2.45) is 0 Å². The quantitative estimate of drug-likeness (QED) is 0.564. The van der Waals surface area contributed by atoms with Gasteiger partial charge in [0.2, 0.25) is 0 Å². The van der Waals surface area contributed by atoms with Crippen molar-refractivity contribution in [3.8, 4) is 0 Å². The summed E-state index contributed by atoms with van der Waals surface area (Å²) < 4.78 is 28.5. The highest BCUT2D eigenvalue weighted by atomic mass is 32.2. The Kier molecular flexibility index (Phi) is 6.33. The minimum absolute atomic E-state index is 0.259. The van der Waals surface area contributed by atoms with E-state index in [1.165, 1.54) is 18.4 Å². The van der Waals surface area contributed by atoms with E-state index in [4.69, 9.17) is 13.3 Å². The molecule has 0 aliphatic heterocycles. The minimum atomic E-state index is -2.86. The second-order valence-electron chi connectivity index (χ2n) is 1.69. The standard InChI is InChI=1S/C6H6O2S.H2O3S/c1-8-6(7)5-3-2-4-9-5;1-4(2)3/h2-4H,1H3;(H2,1,2,3)/p-1. The lowest BCUT2D eigenvalue weighted by atomic mass is 10.5. The third-order valence-electron chi connectivity index (χ3n) is 0.908. The Morgan fingerprint density at radius 2 is 2.31 bits per heavy atom. The van der Waals surface area contributed by atoms with Crippen molar-refractivity contribution in [2.75, 3.05) is 7.11 Å². The first-order chi connectivity index (χ1) is 6.07. The van der Waals surface area contributed by atoms with E-state index in [2.05, 4.69) is 4.74 Å². The molecule has 0 spiro atoms. The van der Waals surface area contributed by atoms with E-state index in [1.807, 2.05) is 11.4 Å². The van der Waals surface area contributed by atoms with Gasteiger partial charge in [0, 0.05) is 0 Å². The van der Waals surface area contributed by atoms with Gasteiger partial charge in [-0.3, -0.25) is 0 Å². The molecule has 0 aromatic carbocycles. The Morgan fingerprint density at radius 1 is 1.77 bits per heavy atom. The van der Waals surface area contributed by atoms with Crippen LogP contribution in [0.4, 0.5) is 0 Å². The summed E-state index contributed by atoms with van der Waals surface area (Å²) >= 11 is -1.48. The molecule has 1 N–H and O–H groups in total. The molecular formula is C6H7O5S2-. The van der Waals surface area contributed by atoms with Gasteiger partial charge >= 0.3 is 5.97 Å². The highest BCUT2D eigenvalue weighted by Gasteiger charge is 2.03. The summed E-state index contributed by atoms with van der Waals surface area (Å²) in [6.07, 6.45) is 0. The van der Waals surface area contributed by atoms with E-state index in [0.29, 0.717) is 4.88 Å². The van der Waals surface area contributed by atoms with Crippen LogP contribution in [-0.2, 0) is 16.1 Å². The van der Waals surface area contributed by atoms with E-state index >= 15 is 0 Å². The van der Waals surface area contributed by atoms with Gasteiger partial charge < -0.3 is 13.8 Å². The third kappa shape index (κ3) is 6.41. The molecule has 1 heterocycles. The van der Waals surface area contributed by atoms with E-state index < -0.39 is 11.4 Å². The molecule has 0 radical (unpaired) electrons. The zero-order chi connectivity index (χ0) is 10.3. The lowest BCUT2D eigenvalue weighted by Gasteiger charge is -1.90. The van der Waals surface area contributed by atoms with Crippen LogP contribution in [0, 0.1) is 0 Å². The number of esters is 1. The molecule has 0 amide bonds. The normalized spacial score (nSPS) is 11.0. The Bertz CT molecular complexity index is 265. The van der Waals surface area contributed by atoms with Crippen LogP contribution in [0.3, 0.4) is 0 Å². The number of methoxy groups -OCH3 is 1. The van der Waals surface area contributed by atoms with Crippen molar-refractivity contribution >= 4 is 28.7 Å². The first-order valence-electron chi connectivity index (χ1n) is 2.98. The van der Waals surface area contributed by atoms with Gasteiger partial charge in [-0.25, -0.2) is 9.00 Å². The lowest BCUT2D eigenvalue weighted by molar-refractivity contribution is 0.0606. The van der Waals surface area contributed by atoms with Gasteiger partial charge in [-0.2, -0.15) is 0 Å². The minimum Gasteiger partial charge on any atom is -0.750 e. The van der Waals surface area contributed by atoms with Crippen LogP contribution in [0.2, 0.25) is 0 Å². The van der Waals surface area contributed by atoms with Gasteiger partial charge in [0.1, 0.15) is 4.88 Å². The Balaban J connectivity index is 0.000000310. The van der Waals surface area contributed by atoms with Crippen molar-refractivity contribution in [2.45, 2.75) is 0 Å². The SMILES string of the molecule is COC(=O)c1cccs1.O=S([O-])O. The van der Waals surface area contributed by atoms with Crippen LogP contribution in [0.15, 0.2) is 17.5 Å². The second-order valence-corrected chi connectivity index (χ2v) is 3.07. The molecule has 74 valence electrons. The summed E-state index contributed by atoms with van der Waals surface area (Å²) in [5.74, 6) is -0.259. The summed E-state index contributed by atoms with van der Waals surface area (Å²) in [7, 11) is 1.38. The highest BCUT2D eigenvalue weighted by Crippen LogP contribution is 2.08. The summed E-state index contributed by atoms with van der Waals surface area (Å²) in [5.41, 5.74) is 0. The molecule has 0 aliphatic rings. The van der Waals surface area contributed by atoms with Crippen LogP contribution < -0.4 is 0 Å². The largest absolute Gasteiger partial charge is 0.750 e. The highest BCUT2D eigenvalue weighted by molar-refractivity contribution is 7.73. The molecule has 0 bridgehead atoms. The molecule has 1 aromatic rings. The van der Waals surface area contributed by atoms with Gasteiger partial charge in [-0.15, -0.1) is 11.3 Å². The maximum atomic E-state index is 10.7. The molecule has 1 rings (SSSR count). The smallest absolute Gasteiger partial charge is 0.348 e. The van der Waals surface area contributed by atoms with E-state index in [9.17, 15) is 4.79 Å². The number of ether oxygens (including phenoxy) is 1. The number of carbonyl (C=O) groups is 1. The van der Waals surface area contributed by atoms with Crippen molar-refractivity contribution in [1.29, 1.82) is 0 Å². The van der Waals surface area contributed by atoms with Crippen LogP contribution in [0.25, 0.3) is 0 Å². The Hall–Kier alpha value is -0.760. The van der Waals surface area contributed by atoms with E-state index in [-0.39, 0.29) is 5.97 Å². The second kappa shape index (κ2) is 6.72. The molecule has 1 unspecified atom stereocenters. The molecule has 7 heteroatoms. The topological polar surface area (TPSA) is 86.7 Å². The van der Waals surface area contributed by atoms with Gasteiger partial charge in [0.05, 0.1) is 18.5 Å². The molecule has 0 fully saturated rings. The predicted molar refractivity (Wildman–Crippen MR) is 47.2 cm³/mol. The number of hydrogen-bond acceptors (Lipinski definition) is 5. The number of rotatable bonds is 1. The van der Waals surface area contributed by atoms with Crippen molar-refractivity contribution in [3.63, 3.8) is 0 Å². The number of thiophene rings is 1. The Morgan fingerprint density at radius 3 is 2.62 bits per heavy atom. The van der Waals surface area contributed by atoms with Crippen LogP contribution in [-0.4, -0.2) is 26.4 Å². The molecule has 5 nitrogen and oxygen atoms in total. The zero-order valence-electron chi connectivity index (χ0n) is 6.63. The fourth-order valence-electron chi connectivity index (χ4n) is 0.495. The number of carbonyl (C=O) groups excluding carboxylic acids is 1. The first-order valence-corrected chi connectivity index (χ1v) is 4.89. The van der Waals surface area contributed by atoms with Gasteiger partial charge in [-0.1, -0.05) is 6.07 Å². The maximum Gasteiger partial charge on any atom is 0.348 e. The fourth-order valence-corrected chi connectivity index (χ4v) is 1.14. The maximum absolute atomic E-state index is 10.7. The average molecular weight is 223 g/mol. The lowest BCUT2D eigenvalue weighted by Crippen LogP contribution is -1.96. The van der Waals surface area contributed by atoms with E-state index in [0.717, 1.165) is 0 Å². The van der Waals surface area contributed by atoms with Crippen molar-refractivity contribution < 1.29 is 22.8 Å². The molecule has 0 aliphatic carbocycles. The third-order valence-corrected chi connectivity index (χ3v) is 1.76. The van der Waals surface area contributed by atoms with Gasteiger partial charge in [-0.05, 0) is 11.4 Å². The number of hydrogen-bond donors (Lipinski definition) is 1. The van der Waals surface area contributed by atoms with E-state index in [1.54, 1.807) is 6.07 Å². The zero-order valence-corrected chi connectivity index (χ0v) is 8.26. The summed E-state index contributed by atoms with van der Waals surface area (Å²) in [6, 6.07) is 3.55. The summed E-state index contributed by atoms with van der Waals surface area (Å²) in [6.45, 7) is 0. The monoisotopic (exact) mass is 223 g/mol. The summed E-state index contributed by atoms with van der Waals surface area (Å²) in [4.78, 5) is 11.3. The average Bonchev–Trinajstić information content (AvgIpc) is 2.54. The molecular weight excluding hydrogens is 216 g/mol. The predicted octanol–water partition coefficient (Wildman–Crippen LogP) is 0.873. The van der Waals surface area contributed by atoms with Crippen molar-refractivity contribution in [3.05, 3.63) is 22.4 Å². The molecule has 1 atom stereocenters. The fraction of sp³-hybridized carbons (Fsp3) is 0.167. The van der Waals surface area contributed by atoms with Crippen LogP contribution in [0.5, 0.6) is 0 Å². The molecule has 0 saturated carbocycles. The first kappa shape index (κ1) is 12.2. The molecule has 1 aromatic heterocycles. The van der Waals surface area contributed by atoms with Crippen LogP contribution in [0.1, 0.15) is 9.67 Å².